The Labute approximate surface area is 95.7 Å². The van der Waals surface area contributed by atoms with Gasteiger partial charge in [0.2, 0.25) is 0 Å². The van der Waals surface area contributed by atoms with Crippen molar-refractivity contribution < 1.29 is 0 Å². The topological polar surface area (TPSA) is 17.8 Å². The largest absolute Gasteiger partial charge is 0.305 e. The van der Waals surface area contributed by atoms with E-state index in [0.29, 0.717) is 5.88 Å². The van der Waals surface area contributed by atoms with Gasteiger partial charge in [-0.2, -0.15) is 0 Å². The van der Waals surface area contributed by atoms with Crippen LogP contribution in [0.15, 0.2) is 41.4 Å². The first-order valence-electron chi connectivity index (χ1n) is 4.14. The quantitative estimate of drug-likeness (QED) is 0.766. The number of aromatic nitrogens is 2. The molecule has 0 radical (unpaired) electrons. The van der Waals surface area contributed by atoms with Gasteiger partial charge in [-0.05, 0) is 33.6 Å². The Hall–Kier alpha value is -0.800. The number of imidazole rings is 1. The summed E-state index contributed by atoms with van der Waals surface area (Å²) in [5, 5.41) is 0. The molecule has 2 aromatic rings. The van der Waals surface area contributed by atoms with Gasteiger partial charge in [-0.15, -0.1) is 11.6 Å². The third-order valence-corrected chi connectivity index (χ3v) is 2.89. The molecule has 1 heterocycles. The summed E-state index contributed by atoms with van der Waals surface area (Å²) in [4.78, 5) is 4.00. The van der Waals surface area contributed by atoms with Crippen LogP contribution in [-0.4, -0.2) is 9.55 Å². The number of hydrogen-bond acceptors (Lipinski definition) is 1. The molecule has 0 fully saturated rings. The summed E-state index contributed by atoms with van der Waals surface area (Å²) in [7, 11) is 0. The van der Waals surface area contributed by atoms with E-state index in [4.69, 9.17) is 11.6 Å². The van der Waals surface area contributed by atoms with Gasteiger partial charge in [-0.3, -0.25) is 0 Å². The van der Waals surface area contributed by atoms with Crippen LogP contribution in [0.1, 0.15) is 5.56 Å². The zero-order chi connectivity index (χ0) is 9.97. The Morgan fingerprint density at radius 2 is 2.29 bits per heavy atom. The van der Waals surface area contributed by atoms with Crippen LogP contribution in [0.5, 0.6) is 0 Å². The van der Waals surface area contributed by atoms with Crippen molar-refractivity contribution in [3.63, 3.8) is 0 Å². The number of rotatable bonds is 2. The van der Waals surface area contributed by atoms with Gasteiger partial charge in [0.05, 0.1) is 12.0 Å². The Bertz CT molecular complexity index is 426. The van der Waals surface area contributed by atoms with Gasteiger partial charge in [-0.1, -0.05) is 6.07 Å². The number of benzene rings is 1. The third-order valence-electron chi connectivity index (χ3n) is 1.95. The zero-order valence-corrected chi connectivity index (χ0v) is 9.66. The van der Waals surface area contributed by atoms with E-state index in [9.17, 15) is 0 Å². The van der Waals surface area contributed by atoms with E-state index >= 15 is 0 Å². The molecule has 14 heavy (non-hydrogen) atoms. The van der Waals surface area contributed by atoms with Gasteiger partial charge in [0.25, 0.3) is 0 Å². The van der Waals surface area contributed by atoms with Crippen LogP contribution in [0.4, 0.5) is 0 Å². The predicted molar refractivity (Wildman–Crippen MR) is 60.8 cm³/mol. The van der Waals surface area contributed by atoms with Crippen molar-refractivity contribution in [1.29, 1.82) is 0 Å². The summed E-state index contributed by atoms with van der Waals surface area (Å²) >= 11 is 9.24. The molecule has 0 amide bonds. The fourth-order valence-electron chi connectivity index (χ4n) is 1.24. The lowest BCUT2D eigenvalue weighted by Gasteiger charge is -2.06. The van der Waals surface area contributed by atoms with Crippen molar-refractivity contribution in [3.8, 4) is 5.69 Å². The van der Waals surface area contributed by atoms with Crippen LogP contribution in [0, 0.1) is 0 Å². The molecule has 0 aliphatic carbocycles. The fourth-order valence-corrected chi connectivity index (χ4v) is 2.04. The average molecular weight is 272 g/mol. The van der Waals surface area contributed by atoms with Gasteiger partial charge in [0.15, 0.2) is 0 Å². The van der Waals surface area contributed by atoms with Crippen molar-refractivity contribution >= 4 is 27.5 Å². The highest BCUT2D eigenvalue weighted by atomic mass is 79.9. The maximum absolute atomic E-state index is 5.74. The zero-order valence-electron chi connectivity index (χ0n) is 7.32. The van der Waals surface area contributed by atoms with Gasteiger partial charge >= 0.3 is 0 Å². The maximum Gasteiger partial charge on any atom is 0.0992 e. The Kier molecular flexibility index (Phi) is 2.89. The molecule has 0 aliphatic heterocycles. The molecule has 72 valence electrons. The van der Waals surface area contributed by atoms with E-state index in [1.54, 1.807) is 12.5 Å². The molecule has 0 atom stereocenters. The van der Waals surface area contributed by atoms with Crippen molar-refractivity contribution in [2.45, 2.75) is 5.88 Å². The van der Waals surface area contributed by atoms with E-state index in [0.717, 1.165) is 15.7 Å². The molecule has 0 saturated carbocycles. The fraction of sp³-hybridized carbons (Fsp3) is 0.100. The highest BCUT2D eigenvalue weighted by Crippen LogP contribution is 2.22. The lowest BCUT2D eigenvalue weighted by Crippen LogP contribution is -1.92. The molecule has 0 spiro atoms. The van der Waals surface area contributed by atoms with Gasteiger partial charge in [0, 0.05) is 22.7 Å². The number of nitrogens with zero attached hydrogens (tertiary/aromatic N) is 2. The molecule has 0 saturated heterocycles. The molecule has 0 N–H and O–H groups in total. The lowest BCUT2D eigenvalue weighted by atomic mass is 10.2. The van der Waals surface area contributed by atoms with Gasteiger partial charge in [0.1, 0.15) is 0 Å². The van der Waals surface area contributed by atoms with Crippen LogP contribution in [-0.2, 0) is 5.88 Å². The molecule has 2 rings (SSSR count). The first kappa shape index (κ1) is 9.74. The van der Waals surface area contributed by atoms with E-state index in [2.05, 4.69) is 20.9 Å². The highest BCUT2D eigenvalue weighted by Gasteiger charge is 2.02. The lowest BCUT2D eigenvalue weighted by molar-refractivity contribution is 1.05. The SMILES string of the molecule is ClCc1ccc(-n2ccnc2)c(Br)c1. The summed E-state index contributed by atoms with van der Waals surface area (Å²) in [6.45, 7) is 0. The monoisotopic (exact) mass is 270 g/mol. The van der Waals surface area contributed by atoms with Crippen molar-refractivity contribution in [2.75, 3.05) is 0 Å². The number of halogens is 2. The smallest absolute Gasteiger partial charge is 0.0992 e. The van der Waals surface area contributed by atoms with Crippen molar-refractivity contribution in [3.05, 3.63) is 47.0 Å². The van der Waals surface area contributed by atoms with E-state index < -0.39 is 0 Å². The van der Waals surface area contributed by atoms with E-state index in [1.165, 1.54) is 0 Å². The first-order valence-corrected chi connectivity index (χ1v) is 5.47. The summed E-state index contributed by atoms with van der Waals surface area (Å²) in [5.41, 5.74) is 2.17. The second kappa shape index (κ2) is 4.15. The molecule has 0 bridgehead atoms. The normalized spacial score (nSPS) is 10.4. The minimum Gasteiger partial charge on any atom is -0.305 e. The minimum absolute atomic E-state index is 0.531. The van der Waals surface area contributed by atoms with Crippen LogP contribution in [0.3, 0.4) is 0 Å². The molecular weight excluding hydrogens is 263 g/mol. The third kappa shape index (κ3) is 1.83. The first-order chi connectivity index (χ1) is 6.81. The second-order valence-electron chi connectivity index (χ2n) is 2.89. The van der Waals surface area contributed by atoms with Gasteiger partial charge < -0.3 is 4.57 Å². The van der Waals surface area contributed by atoms with Crippen LogP contribution in [0.25, 0.3) is 5.69 Å². The van der Waals surface area contributed by atoms with Crippen LogP contribution in [0.2, 0.25) is 0 Å². The summed E-state index contributed by atoms with van der Waals surface area (Å²) in [6.07, 6.45) is 5.42. The van der Waals surface area contributed by atoms with E-state index in [1.807, 2.05) is 29.0 Å². The molecular formula is C10H8BrClN2. The summed E-state index contributed by atoms with van der Waals surface area (Å²) in [6, 6.07) is 6.04. The Balaban J connectivity index is 2.46. The Morgan fingerprint density at radius 3 is 2.86 bits per heavy atom. The number of hydrogen-bond donors (Lipinski definition) is 0. The minimum atomic E-state index is 0.531. The maximum atomic E-state index is 5.74. The van der Waals surface area contributed by atoms with Gasteiger partial charge in [-0.25, -0.2) is 4.98 Å². The van der Waals surface area contributed by atoms with E-state index in [-0.39, 0.29) is 0 Å². The predicted octanol–water partition coefficient (Wildman–Crippen LogP) is 3.37. The molecule has 0 aliphatic rings. The summed E-state index contributed by atoms with van der Waals surface area (Å²) in [5.74, 6) is 0.531. The standard InChI is InChI=1S/C10H8BrClN2/c11-9-5-8(6-12)1-2-10(9)14-4-3-13-7-14/h1-5,7H,6H2. The summed E-state index contributed by atoms with van der Waals surface area (Å²) < 4.78 is 2.97. The van der Waals surface area contributed by atoms with Crippen LogP contribution >= 0.6 is 27.5 Å². The van der Waals surface area contributed by atoms with Crippen molar-refractivity contribution in [2.24, 2.45) is 0 Å². The molecule has 4 heteroatoms. The number of alkyl halides is 1. The van der Waals surface area contributed by atoms with Crippen molar-refractivity contribution in [1.82, 2.24) is 9.55 Å². The average Bonchev–Trinajstić information content (AvgIpc) is 2.70. The second-order valence-corrected chi connectivity index (χ2v) is 4.01. The molecule has 1 aromatic heterocycles. The highest BCUT2D eigenvalue weighted by molar-refractivity contribution is 9.10. The van der Waals surface area contributed by atoms with Crippen LogP contribution < -0.4 is 0 Å². The molecule has 2 nitrogen and oxygen atoms in total. The Morgan fingerprint density at radius 1 is 1.43 bits per heavy atom. The molecule has 1 aromatic carbocycles. The molecule has 0 unspecified atom stereocenters.